The van der Waals surface area contributed by atoms with Gasteiger partial charge in [0, 0.05) is 19.1 Å². The number of hydrogen-bond acceptors (Lipinski definition) is 3. The molecule has 1 aliphatic rings. The summed E-state index contributed by atoms with van der Waals surface area (Å²) >= 11 is 1.80. The molecular weight excluding hydrogens is 204 g/mol. The molecule has 1 saturated heterocycles. The monoisotopic (exact) mass is 224 g/mol. The molecule has 2 rings (SSSR count). The van der Waals surface area contributed by atoms with Crippen LogP contribution in [0.3, 0.4) is 0 Å². The number of thiophene rings is 1. The van der Waals surface area contributed by atoms with Gasteiger partial charge in [-0.3, -0.25) is 0 Å². The summed E-state index contributed by atoms with van der Waals surface area (Å²) in [5.74, 6) is 0. The smallest absolute Gasteiger partial charge is 0.0192 e. The molecule has 0 aromatic carbocycles. The van der Waals surface area contributed by atoms with Gasteiger partial charge in [0.1, 0.15) is 0 Å². The van der Waals surface area contributed by atoms with Crippen LogP contribution in [0, 0.1) is 0 Å². The molecule has 15 heavy (non-hydrogen) atoms. The maximum absolute atomic E-state index is 3.39. The minimum Gasteiger partial charge on any atom is -0.316 e. The molecule has 0 amide bonds. The first-order valence-corrected chi connectivity index (χ1v) is 6.73. The zero-order valence-electron chi connectivity index (χ0n) is 9.41. The van der Waals surface area contributed by atoms with Crippen LogP contribution in [0.5, 0.6) is 0 Å². The molecule has 0 aliphatic carbocycles. The molecule has 3 heteroatoms. The van der Waals surface area contributed by atoms with Gasteiger partial charge in [0.05, 0.1) is 0 Å². The lowest BCUT2D eigenvalue weighted by molar-refractivity contribution is 0.197. The van der Waals surface area contributed by atoms with Gasteiger partial charge in [-0.05, 0) is 55.2 Å². The topological polar surface area (TPSA) is 15.3 Å². The Morgan fingerprint density at radius 2 is 2.53 bits per heavy atom. The van der Waals surface area contributed by atoms with Gasteiger partial charge < -0.3 is 10.2 Å². The Balaban J connectivity index is 1.74. The van der Waals surface area contributed by atoms with Gasteiger partial charge in [-0.1, -0.05) is 0 Å². The highest BCUT2D eigenvalue weighted by Gasteiger charge is 2.17. The second kappa shape index (κ2) is 5.64. The van der Waals surface area contributed by atoms with Gasteiger partial charge in [0.2, 0.25) is 0 Å². The quantitative estimate of drug-likeness (QED) is 0.841. The summed E-state index contributed by atoms with van der Waals surface area (Å²) in [6, 6.07) is 2.95. The van der Waals surface area contributed by atoms with Gasteiger partial charge >= 0.3 is 0 Å². The Hall–Kier alpha value is -0.380. The van der Waals surface area contributed by atoms with E-state index in [4.69, 9.17) is 0 Å². The Morgan fingerprint density at radius 1 is 1.60 bits per heavy atom. The van der Waals surface area contributed by atoms with E-state index < -0.39 is 0 Å². The van der Waals surface area contributed by atoms with E-state index in [0.29, 0.717) is 6.04 Å². The van der Waals surface area contributed by atoms with Crippen molar-refractivity contribution in [3.63, 3.8) is 0 Å². The van der Waals surface area contributed by atoms with Crippen LogP contribution in [0.4, 0.5) is 0 Å². The second-order valence-corrected chi connectivity index (χ2v) is 5.09. The lowest BCUT2D eigenvalue weighted by atomic mass is 10.1. The van der Waals surface area contributed by atoms with Crippen LogP contribution in [-0.4, -0.2) is 37.6 Å². The number of likely N-dealkylation sites (N-methyl/N-ethyl adjacent to an activating group) is 1. The van der Waals surface area contributed by atoms with Gasteiger partial charge in [0.25, 0.3) is 0 Å². The fourth-order valence-corrected chi connectivity index (χ4v) is 2.92. The predicted molar refractivity (Wildman–Crippen MR) is 66.5 cm³/mol. The van der Waals surface area contributed by atoms with Gasteiger partial charge in [-0.15, -0.1) is 0 Å². The summed E-state index contributed by atoms with van der Waals surface area (Å²) in [6.45, 7) is 3.72. The highest BCUT2D eigenvalue weighted by molar-refractivity contribution is 7.07. The highest BCUT2D eigenvalue weighted by atomic mass is 32.1. The van der Waals surface area contributed by atoms with Gasteiger partial charge in [-0.2, -0.15) is 11.3 Å². The minimum absolute atomic E-state index is 0.709. The zero-order chi connectivity index (χ0) is 10.5. The van der Waals surface area contributed by atoms with E-state index in [1.165, 1.54) is 44.5 Å². The van der Waals surface area contributed by atoms with Crippen molar-refractivity contribution in [1.82, 2.24) is 10.2 Å². The van der Waals surface area contributed by atoms with Crippen LogP contribution in [0.2, 0.25) is 0 Å². The Labute approximate surface area is 96.3 Å². The number of piperidine rings is 1. The highest BCUT2D eigenvalue weighted by Crippen LogP contribution is 2.12. The van der Waals surface area contributed by atoms with Crippen LogP contribution < -0.4 is 5.32 Å². The van der Waals surface area contributed by atoms with Crippen molar-refractivity contribution in [2.75, 3.05) is 26.7 Å². The number of nitrogens with one attached hydrogen (secondary N) is 1. The summed E-state index contributed by atoms with van der Waals surface area (Å²) < 4.78 is 0. The van der Waals surface area contributed by atoms with Crippen LogP contribution in [0.25, 0.3) is 0 Å². The number of hydrogen-bond donors (Lipinski definition) is 1. The van der Waals surface area contributed by atoms with Crippen molar-refractivity contribution in [3.8, 4) is 0 Å². The molecule has 2 heterocycles. The Kier molecular flexibility index (Phi) is 4.18. The van der Waals surface area contributed by atoms with E-state index in [2.05, 4.69) is 34.1 Å². The molecule has 84 valence electrons. The molecule has 1 N–H and O–H groups in total. The molecule has 1 aromatic rings. The third-order valence-corrected chi connectivity index (χ3v) is 3.94. The molecule has 0 spiro atoms. The molecule has 1 atom stereocenters. The third-order valence-electron chi connectivity index (χ3n) is 3.21. The maximum Gasteiger partial charge on any atom is 0.0192 e. The Bertz CT molecular complexity index is 271. The second-order valence-electron chi connectivity index (χ2n) is 4.31. The summed E-state index contributed by atoms with van der Waals surface area (Å²) in [5.41, 5.74) is 1.49. The van der Waals surface area contributed by atoms with E-state index in [1.807, 2.05) is 0 Å². The summed E-state index contributed by atoms with van der Waals surface area (Å²) in [5, 5.41) is 7.82. The summed E-state index contributed by atoms with van der Waals surface area (Å²) in [4.78, 5) is 2.59. The van der Waals surface area contributed by atoms with Crippen molar-refractivity contribution in [2.45, 2.75) is 25.3 Å². The fraction of sp³-hybridized carbons (Fsp3) is 0.667. The zero-order valence-corrected chi connectivity index (χ0v) is 10.2. The van der Waals surface area contributed by atoms with E-state index in [1.54, 1.807) is 11.3 Å². The minimum atomic E-state index is 0.709. The van der Waals surface area contributed by atoms with Gasteiger partial charge in [-0.25, -0.2) is 0 Å². The van der Waals surface area contributed by atoms with Crippen LogP contribution in [0.1, 0.15) is 18.4 Å². The van der Waals surface area contributed by atoms with Crippen LogP contribution >= 0.6 is 11.3 Å². The molecule has 1 aromatic heterocycles. The number of nitrogens with zero attached hydrogens (tertiary/aromatic N) is 1. The molecule has 1 fully saturated rings. The number of rotatable bonds is 4. The molecular formula is C12H20N2S. The molecule has 0 bridgehead atoms. The largest absolute Gasteiger partial charge is 0.316 e. The standard InChI is InChI=1S/C12H20N2S/c1-13-12-3-2-6-14(9-12)7-4-11-5-8-15-10-11/h5,8,10,12-13H,2-4,6-7,9H2,1H3. The van der Waals surface area contributed by atoms with Crippen molar-refractivity contribution in [1.29, 1.82) is 0 Å². The first kappa shape index (κ1) is 11.1. The average Bonchev–Trinajstić information content (AvgIpc) is 2.79. The molecule has 0 radical (unpaired) electrons. The van der Waals surface area contributed by atoms with E-state index in [9.17, 15) is 0 Å². The fourth-order valence-electron chi connectivity index (χ4n) is 2.22. The SMILES string of the molecule is CNC1CCCN(CCc2ccsc2)C1. The van der Waals surface area contributed by atoms with E-state index in [0.717, 1.165) is 0 Å². The number of likely N-dealkylation sites (tertiary alicyclic amines) is 1. The normalized spacial score (nSPS) is 23.1. The lowest BCUT2D eigenvalue weighted by Gasteiger charge is -2.32. The average molecular weight is 224 g/mol. The van der Waals surface area contributed by atoms with Crippen LogP contribution in [-0.2, 0) is 6.42 Å². The summed E-state index contributed by atoms with van der Waals surface area (Å²) in [6.07, 6.45) is 3.89. The van der Waals surface area contributed by atoms with E-state index in [-0.39, 0.29) is 0 Å². The molecule has 0 saturated carbocycles. The van der Waals surface area contributed by atoms with Crippen molar-refractivity contribution in [2.24, 2.45) is 0 Å². The third kappa shape index (κ3) is 3.30. The summed E-state index contributed by atoms with van der Waals surface area (Å²) in [7, 11) is 2.08. The first-order chi connectivity index (χ1) is 7.38. The lowest BCUT2D eigenvalue weighted by Crippen LogP contribution is -2.44. The first-order valence-electron chi connectivity index (χ1n) is 5.79. The van der Waals surface area contributed by atoms with Crippen molar-refractivity contribution < 1.29 is 0 Å². The van der Waals surface area contributed by atoms with Gasteiger partial charge in [0.15, 0.2) is 0 Å². The molecule has 2 nitrogen and oxygen atoms in total. The Morgan fingerprint density at radius 3 is 3.27 bits per heavy atom. The van der Waals surface area contributed by atoms with Crippen LogP contribution in [0.15, 0.2) is 16.8 Å². The van der Waals surface area contributed by atoms with Crippen molar-refractivity contribution in [3.05, 3.63) is 22.4 Å². The molecule has 1 unspecified atom stereocenters. The van der Waals surface area contributed by atoms with Crippen molar-refractivity contribution >= 4 is 11.3 Å². The molecule has 1 aliphatic heterocycles. The van der Waals surface area contributed by atoms with E-state index >= 15 is 0 Å². The predicted octanol–water partition coefficient (Wildman–Crippen LogP) is 1.97. The maximum atomic E-state index is 3.39.